The van der Waals surface area contributed by atoms with Crippen LogP contribution in [0.2, 0.25) is 0 Å². The number of nitrogens with one attached hydrogen (secondary N) is 1. The summed E-state index contributed by atoms with van der Waals surface area (Å²) in [6.07, 6.45) is 1.84. The molecule has 1 saturated heterocycles. The first-order valence-electron chi connectivity index (χ1n) is 11.3. The number of imidazole rings is 1. The second-order valence-electron chi connectivity index (χ2n) is 7.83. The average molecular weight is 528 g/mol. The number of phosphoric acid groups is 1. The van der Waals surface area contributed by atoms with Crippen LogP contribution in [-0.2, 0) is 22.9 Å². The number of ether oxygens (including phenoxy) is 1. The highest BCUT2D eigenvalue weighted by molar-refractivity contribution is 7.48. The Hall–Kier alpha value is -3.50. The number of amides is 1. The summed E-state index contributed by atoms with van der Waals surface area (Å²) in [7, 11) is -4.08. The molecule has 14 heteroatoms. The van der Waals surface area contributed by atoms with Crippen LogP contribution in [0.1, 0.15) is 29.4 Å². The van der Waals surface area contributed by atoms with Crippen molar-refractivity contribution in [2.75, 3.05) is 25.1 Å². The van der Waals surface area contributed by atoms with Crippen LogP contribution >= 0.6 is 7.82 Å². The lowest BCUT2D eigenvalue weighted by atomic mass is 10.2. The highest BCUT2D eigenvalue weighted by Gasteiger charge is 2.43. The minimum Gasteiger partial charge on any atom is -0.394 e. The van der Waals surface area contributed by atoms with Gasteiger partial charge in [-0.25, -0.2) is 19.5 Å². The van der Waals surface area contributed by atoms with Crippen LogP contribution in [0, 0.1) is 11.3 Å². The topological polar surface area (TPSA) is 171 Å². The molecule has 13 nitrogen and oxygen atoms in total. The normalized spacial score (nSPS) is 20.8. The number of carbonyl (C=O) groups is 1. The fourth-order valence-electron chi connectivity index (χ4n) is 3.68. The summed E-state index contributed by atoms with van der Waals surface area (Å²) in [5.74, 6) is -0.136. The molecule has 2 aromatic heterocycles. The van der Waals surface area contributed by atoms with Gasteiger partial charge in [0.2, 0.25) is 0 Å². The number of phosphoric ester groups is 1. The second-order valence-corrected chi connectivity index (χ2v) is 9.45. The first kappa shape index (κ1) is 26.6. The van der Waals surface area contributed by atoms with Gasteiger partial charge in [-0.1, -0.05) is 24.3 Å². The van der Waals surface area contributed by atoms with Gasteiger partial charge in [0.05, 0.1) is 38.6 Å². The average Bonchev–Trinajstić information content (AvgIpc) is 3.52. The Bertz CT molecular complexity index is 1330. The van der Waals surface area contributed by atoms with Crippen LogP contribution < -0.4 is 5.32 Å². The predicted octanol–water partition coefficient (Wildman–Crippen LogP) is 2.98. The molecule has 4 atom stereocenters. The molecule has 1 aromatic carbocycles. The maximum Gasteiger partial charge on any atom is 0.475 e. The molecule has 1 amide bonds. The number of aliphatic hydroxyl groups is 1. The van der Waals surface area contributed by atoms with Gasteiger partial charge in [-0.15, -0.1) is 6.58 Å². The van der Waals surface area contributed by atoms with E-state index in [4.69, 9.17) is 23.6 Å². The molecule has 1 fully saturated rings. The lowest BCUT2D eigenvalue weighted by molar-refractivity contribution is -0.0448. The lowest BCUT2D eigenvalue weighted by Crippen LogP contribution is -2.27. The summed E-state index contributed by atoms with van der Waals surface area (Å²) in [5.41, 5.74) is 1.16. The van der Waals surface area contributed by atoms with Gasteiger partial charge < -0.3 is 15.2 Å². The Morgan fingerprint density at radius 3 is 2.86 bits per heavy atom. The summed E-state index contributed by atoms with van der Waals surface area (Å²) in [5, 5.41) is 21.3. The molecule has 3 heterocycles. The van der Waals surface area contributed by atoms with Crippen LogP contribution in [0.4, 0.5) is 5.82 Å². The van der Waals surface area contributed by atoms with Gasteiger partial charge in [0, 0.05) is 12.0 Å². The number of hydrogen-bond acceptors (Lipinski definition) is 11. The number of anilines is 1. The van der Waals surface area contributed by atoms with Gasteiger partial charge in [0.25, 0.3) is 5.91 Å². The molecule has 2 N–H and O–H groups in total. The zero-order valence-electron chi connectivity index (χ0n) is 19.7. The van der Waals surface area contributed by atoms with Crippen molar-refractivity contribution in [1.82, 2.24) is 19.5 Å². The van der Waals surface area contributed by atoms with Crippen molar-refractivity contribution in [3.05, 3.63) is 61.2 Å². The number of nitriles is 1. The van der Waals surface area contributed by atoms with Gasteiger partial charge in [0.15, 0.2) is 17.0 Å². The number of aliphatic hydroxyl groups excluding tert-OH is 1. The Balaban J connectivity index is 1.53. The Morgan fingerprint density at radius 1 is 1.32 bits per heavy atom. The minimum absolute atomic E-state index is 0.0120. The highest BCUT2D eigenvalue weighted by atomic mass is 31.2. The molecule has 0 spiro atoms. The van der Waals surface area contributed by atoms with E-state index in [0.29, 0.717) is 16.7 Å². The minimum atomic E-state index is -4.08. The van der Waals surface area contributed by atoms with E-state index in [9.17, 15) is 14.5 Å². The molecule has 1 aliphatic rings. The Labute approximate surface area is 212 Å². The van der Waals surface area contributed by atoms with Crippen LogP contribution in [0.5, 0.6) is 0 Å². The molecule has 0 radical (unpaired) electrons. The van der Waals surface area contributed by atoms with Gasteiger partial charge in [0.1, 0.15) is 24.8 Å². The van der Waals surface area contributed by atoms with E-state index in [2.05, 4.69) is 26.8 Å². The molecule has 4 rings (SSSR count). The van der Waals surface area contributed by atoms with Crippen LogP contribution in [0.15, 0.2) is 55.6 Å². The van der Waals surface area contributed by atoms with Crippen LogP contribution in [0.3, 0.4) is 0 Å². The maximum atomic E-state index is 13.1. The van der Waals surface area contributed by atoms with E-state index in [1.165, 1.54) is 18.7 Å². The van der Waals surface area contributed by atoms with E-state index >= 15 is 0 Å². The zero-order valence-corrected chi connectivity index (χ0v) is 20.6. The van der Waals surface area contributed by atoms with Crippen molar-refractivity contribution in [3.8, 4) is 6.07 Å². The third-order valence-electron chi connectivity index (χ3n) is 5.38. The summed E-state index contributed by atoms with van der Waals surface area (Å²) >= 11 is 0. The summed E-state index contributed by atoms with van der Waals surface area (Å²) in [4.78, 5) is 25.4. The summed E-state index contributed by atoms with van der Waals surface area (Å²) in [6.45, 7) is 2.82. The van der Waals surface area contributed by atoms with Gasteiger partial charge in [-0.3, -0.25) is 22.9 Å². The smallest absolute Gasteiger partial charge is 0.394 e. The molecular formula is C23H25N6O7P. The fraction of sp³-hybridized carbons (Fsp3) is 0.348. The number of carbonyl (C=O) groups excluding carboxylic acids is 1. The number of benzene rings is 1. The second kappa shape index (κ2) is 12.2. The van der Waals surface area contributed by atoms with Crippen molar-refractivity contribution in [1.29, 1.82) is 5.26 Å². The molecule has 0 saturated carbocycles. The molecule has 3 unspecified atom stereocenters. The number of fused-ring (bicyclic) bond motifs is 1. The van der Waals surface area contributed by atoms with Crippen LogP contribution in [0.25, 0.3) is 11.2 Å². The predicted molar refractivity (Wildman–Crippen MR) is 130 cm³/mol. The quantitative estimate of drug-likeness (QED) is 0.201. The molecule has 3 aromatic rings. The lowest BCUT2D eigenvalue weighted by Gasteiger charge is -2.22. The number of hydrogen-bond donors (Lipinski definition) is 2. The molecule has 37 heavy (non-hydrogen) atoms. The first-order chi connectivity index (χ1) is 18.0. The number of nitrogens with zero attached hydrogens (tertiary/aromatic N) is 5. The van der Waals surface area contributed by atoms with E-state index in [1.54, 1.807) is 28.8 Å². The summed E-state index contributed by atoms with van der Waals surface area (Å²) in [6, 6.07) is 10.6. The standard InChI is InChI=1S/C23H25N6O7P/c1-2-10-33-37(32,34-11-6-9-24)36-17-12-19(35-18(17)13-30)29-15-27-20-21(25-14-26-22(20)29)28-23(31)16-7-4-3-5-8-16/h2-5,7-8,14-15,17-19,30H,1,6,10-13H2,(H,25,26,28,31)/t17-,18?,19?,37?/m0/s1. The highest BCUT2D eigenvalue weighted by Crippen LogP contribution is 2.53. The van der Waals surface area contributed by atoms with Crippen molar-refractivity contribution in [2.45, 2.75) is 31.3 Å². The molecule has 0 bridgehead atoms. The van der Waals surface area contributed by atoms with Gasteiger partial charge in [-0.05, 0) is 12.1 Å². The Kier molecular flexibility index (Phi) is 8.73. The molecule has 0 aliphatic carbocycles. The van der Waals surface area contributed by atoms with Crippen molar-refractivity contribution in [3.63, 3.8) is 0 Å². The van der Waals surface area contributed by atoms with E-state index in [0.717, 1.165) is 0 Å². The van der Waals surface area contributed by atoms with Gasteiger partial charge >= 0.3 is 7.82 Å². The third-order valence-corrected chi connectivity index (χ3v) is 6.87. The van der Waals surface area contributed by atoms with Crippen molar-refractivity contribution >= 4 is 30.7 Å². The van der Waals surface area contributed by atoms with E-state index in [1.807, 2.05) is 12.1 Å². The SMILES string of the molecule is C=CCOP(=O)(OCCC#N)O[C@H]1CC(n2cnc3c(NC(=O)c4ccccc4)ncnc32)OC1CO. The first-order valence-corrected chi connectivity index (χ1v) is 12.8. The van der Waals surface area contributed by atoms with Gasteiger partial charge in [-0.2, -0.15) is 5.26 Å². The van der Waals surface area contributed by atoms with E-state index < -0.39 is 32.9 Å². The molecule has 194 valence electrons. The number of rotatable bonds is 12. The fourth-order valence-corrected chi connectivity index (χ4v) is 5.03. The number of aromatic nitrogens is 4. The maximum absolute atomic E-state index is 13.1. The Morgan fingerprint density at radius 2 is 2.14 bits per heavy atom. The molecular weight excluding hydrogens is 503 g/mol. The van der Waals surface area contributed by atoms with E-state index in [-0.39, 0.29) is 37.8 Å². The molecule has 1 aliphatic heterocycles. The van der Waals surface area contributed by atoms with Crippen LogP contribution in [-0.4, -0.2) is 62.6 Å². The van der Waals surface area contributed by atoms with Crippen molar-refractivity contribution < 1.29 is 32.8 Å². The monoisotopic (exact) mass is 528 g/mol. The third kappa shape index (κ3) is 6.26. The van der Waals surface area contributed by atoms with Crippen molar-refractivity contribution in [2.24, 2.45) is 0 Å². The summed E-state index contributed by atoms with van der Waals surface area (Å²) < 4.78 is 36.8. The largest absolute Gasteiger partial charge is 0.475 e. The zero-order chi connectivity index (χ0) is 26.3.